The summed E-state index contributed by atoms with van der Waals surface area (Å²) in [7, 11) is 0. The van der Waals surface area contributed by atoms with Gasteiger partial charge in [-0.2, -0.15) is 0 Å². The number of carbonyl (C=O) groups is 1. The second-order valence-corrected chi connectivity index (χ2v) is 4.91. The molecule has 0 atom stereocenters. The molecule has 0 heterocycles. The van der Waals surface area contributed by atoms with Gasteiger partial charge in [0, 0.05) is 0 Å². The molecular weight excluding hydrogens is 372 g/mol. The molecule has 0 unspecified atom stereocenters. The zero-order valence-electron chi connectivity index (χ0n) is 16.2. The maximum absolute atomic E-state index is 11.3. The van der Waals surface area contributed by atoms with Crippen molar-refractivity contribution in [3.05, 3.63) is 0 Å². The summed E-state index contributed by atoms with van der Waals surface area (Å²) in [6.07, 6.45) is 9.30. The van der Waals surface area contributed by atoms with Crippen LogP contribution in [0.2, 0.25) is 0 Å². The molecule has 0 radical (unpaired) electrons. The molecule has 0 spiro atoms. The SMILES string of the molecule is C#CCOCCOCCOCCOC(=O)OCCOCCOCCOCC#C. The summed E-state index contributed by atoms with van der Waals surface area (Å²) in [4.78, 5) is 11.3. The van der Waals surface area contributed by atoms with Crippen LogP contribution >= 0.6 is 0 Å². The lowest BCUT2D eigenvalue weighted by Gasteiger charge is -2.08. The summed E-state index contributed by atoms with van der Waals surface area (Å²) in [5, 5.41) is 0. The molecule has 0 aromatic carbocycles. The van der Waals surface area contributed by atoms with Crippen LogP contribution in [0.1, 0.15) is 0 Å². The van der Waals surface area contributed by atoms with E-state index in [9.17, 15) is 4.79 Å². The van der Waals surface area contributed by atoms with Gasteiger partial charge in [-0.1, -0.05) is 11.8 Å². The highest BCUT2D eigenvalue weighted by atomic mass is 16.7. The van der Waals surface area contributed by atoms with Crippen LogP contribution in [0.25, 0.3) is 0 Å². The molecule has 0 aromatic heterocycles. The van der Waals surface area contributed by atoms with E-state index < -0.39 is 6.16 Å². The molecule has 0 aliphatic carbocycles. The zero-order chi connectivity index (χ0) is 20.5. The lowest BCUT2D eigenvalue weighted by atomic mass is 10.7. The maximum atomic E-state index is 11.3. The Balaban J connectivity index is 3.16. The van der Waals surface area contributed by atoms with Crippen LogP contribution in [-0.4, -0.2) is 98.7 Å². The largest absolute Gasteiger partial charge is 0.508 e. The molecule has 0 fully saturated rings. The first-order valence-corrected chi connectivity index (χ1v) is 8.94. The normalized spacial score (nSPS) is 10.2. The summed E-state index contributed by atoms with van der Waals surface area (Å²) < 4.78 is 40.7. The highest BCUT2D eigenvalue weighted by molar-refractivity contribution is 5.59. The first-order chi connectivity index (χ1) is 13.8. The van der Waals surface area contributed by atoms with Gasteiger partial charge in [0.05, 0.1) is 66.1 Å². The first-order valence-electron chi connectivity index (χ1n) is 8.94. The van der Waals surface area contributed by atoms with Crippen molar-refractivity contribution >= 4 is 6.16 Å². The molecule has 9 heteroatoms. The van der Waals surface area contributed by atoms with Crippen LogP contribution in [0.15, 0.2) is 0 Å². The Morgan fingerprint density at radius 2 is 0.786 bits per heavy atom. The van der Waals surface area contributed by atoms with Gasteiger partial charge in [0.1, 0.15) is 26.4 Å². The number of hydrogen-bond acceptors (Lipinski definition) is 9. The van der Waals surface area contributed by atoms with Gasteiger partial charge < -0.3 is 37.9 Å². The van der Waals surface area contributed by atoms with Gasteiger partial charge in [0.25, 0.3) is 0 Å². The highest BCUT2D eigenvalue weighted by Crippen LogP contribution is 1.88. The summed E-state index contributed by atoms with van der Waals surface area (Å²) in [5.41, 5.74) is 0. The lowest BCUT2D eigenvalue weighted by Crippen LogP contribution is -2.17. The molecule has 0 saturated heterocycles. The summed E-state index contributed by atoms with van der Waals surface area (Å²) in [5.74, 6) is 4.72. The molecule has 9 nitrogen and oxygen atoms in total. The number of terminal acetylenes is 2. The second-order valence-electron chi connectivity index (χ2n) is 4.91. The smallest absolute Gasteiger partial charge is 0.432 e. The van der Waals surface area contributed by atoms with E-state index in [-0.39, 0.29) is 39.6 Å². The summed E-state index contributed by atoms with van der Waals surface area (Å²) in [6.45, 7) is 4.65. The van der Waals surface area contributed by atoms with Crippen molar-refractivity contribution in [2.45, 2.75) is 0 Å². The number of hydrogen-bond donors (Lipinski definition) is 0. The van der Waals surface area contributed by atoms with Crippen LogP contribution in [0.4, 0.5) is 4.79 Å². The van der Waals surface area contributed by atoms with Gasteiger partial charge in [0.15, 0.2) is 0 Å². The van der Waals surface area contributed by atoms with Crippen molar-refractivity contribution in [3.8, 4) is 24.7 Å². The Morgan fingerprint density at radius 1 is 0.500 bits per heavy atom. The summed E-state index contributed by atoms with van der Waals surface area (Å²) >= 11 is 0. The topological polar surface area (TPSA) is 90.9 Å². The molecule has 0 saturated carbocycles. The van der Waals surface area contributed by atoms with E-state index in [0.29, 0.717) is 52.9 Å². The lowest BCUT2D eigenvalue weighted by molar-refractivity contribution is -0.0129. The van der Waals surface area contributed by atoms with Gasteiger partial charge in [-0.3, -0.25) is 0 Å². The van der Waals surface area contributed by atoms with E-state index in [4.69, 9.17) is 50.7 Å². The van der Waals surface area contributed by atoms with Crippen LogP contribution in [0.3, 0.4) is 0 Å². The minimum Gasteiger partial charge on any atom is -0.432 e. The molecule has 0 rings (SSSR count). The van der Waals surface area contributed by atoms with Crippen molar-refractivity contribution in [2.24, 2.45) is 0 Å². The van der Waals surface area contributed by atoms with Gasteiger partial charge >= 0.3 is 6.16 Å². The number of rotatable bonds is 20. The molecule has 28 heavy (non-hydrogen) atoms. The van der Waals surface area contributed by atoms with Crippen LogP contribution in [0.5, 0.6) is 0 Å². The second kappa shape index (κ2) is 23.2. The quantitative estimate of drug-likeness (QED) is 0.164. The molecular formula is C19H30O9. The van der Waals surface area contributed by atoms with Gasteiger partial charge in [-0.25, -0.2) is 4.79 Å². The van der Waals surface area contributed by atoms with Crippen LogP contribution in [0, 0.1) is 24.7 Å². The predicted molar refractivity (Wildman–Crippen MR) is 99.9 cm³/mol. The average molecular weight is 402 g/mol. The molecule has 0 aliphatic heterocycles. The fourth-order valence-corrected chi connectivity index (χ4v) is 1.55. The van der Waals surface area contributed by atoms with Gasteiger partial charge in [0.2, 0.25) is 0 Å². The molecule has 0 N–H and O–H groups in total. The van der Waals surface area contributed by atoms with Crippen LogP contribution in [-0.2, 0) is 37.9 Å². The molecule has 0 aliphatic rings. The maximum Gasteiger partial charge on any atom is 0.508 e. The highest BCUT2D eigenvalue weighted by Gasteiger charge is 2.03. The van der Waals surface area contributed by atoms with Crippen molar-refractivity contribution in [1.29, 1.82) is 0 Å². The monoisotopic (exact) mass is 402 g/mol. The fourth-order valence-electron chi connectivity index (χ4n) is 1.55. The standard InChI is InChI=1S/C19H30O9/c1-3-5-21-7-9-23-11-13-25-15-17-27-19(20)28-18-16-26-14-12-24-10-8-22-6-4-2/h1-2H,5-18H2. The van der Waals surface area contributed by atoms with Crippen molar-refractivity contribution in [1.82, 2.24) is 0 Å². The van der Waals surface area contributed by atoms with E-state index in [1.54, 1.807) is 0 Å². The van der Waals surface area contributed by atoms with Crippen molar-refractivity contribution in [3.63, 3.8) is 0 Å². The third kappa shape index (κ3) is 22.2. The first kappa shape index (κ1) is 26.1. The average Bonchev–Trinajstić information content (AvgIpc) is 2.70. The Morgan fingerprint density at radius 3 is 1.11 bits per heavy atom. The van der Waals surface area contributed by atoms with Gasteiger partial charge in [-0.15, -0.1) is 12.8 Å². The molecule has 160 valence electrons. The third-order valence-electron chi connectivity index (χ3n) is 2.75. The van der Waals surface area contributed by atoms with E-state index >= 15 is 0 Å². The Bertz CT molecular complexity index is 390. The minimum absolute atomic E-state index is 0.0978. The number of carbonyl (C=O) groups excluding carboxylic acids is 1. The van der Waals surface area contributed by atoms with E-state index in [1.165, 1.54) is 0 Å². The Hall–Kier alpha value is -1.85. The molecule has 0 aromatic rings. The summed E-state index contributed by atoms with van der Waals surface area (Å²) in [6, 6.07) is 0. The van der Waals surface area contributed by atoms with Crippen LogP contribution < -0.4 is 0 Å². The predicted octanol–water partition coefficient (Wildman–Crippen LogP) is 0.506. The van der Waals surface area contributed by atoms with Crippen molar-refractivity contribution < 1.29 is 42.7 Å². The molecule has 0 bridgehead atoms. The van der Waals surface area contributed by atoms with E-state index in [2.05, 4.69) is 11.8 Å². The third-order valence-corrected chi connectivity index (χ3v) is 2.75. The Labute approximate surface area is 166 Å². The van der Waals surface area contributed by atoms with E-state index in [1.807, 2.05) is 0 Å². The molecule has 0 amide bonds. The minimum atomic E-state index is -0.768. The Kier molecular flexibility index (Phi) is 21.7. The zero-order valence-corrected chi connectivity index (χ0v) is 16.2. The van der Waals surface area contributed by atoms with E-state index in [0.717, 1.165) is 0 Å². The van der Waals surface area contributed by atoms with Gasteiger partial charge in [-0.05, 0) is 0 Å². The van der Waals surface area contributed by atoms with Crippen molar-refractivity contribution in [2.75, 3.05) is 92.5 Å². The number of ether oxygens (including phenoxy) is 8. The fraction of sp³-hybridized carbons (Fsp3) is 0.737.